The van der Waals surface area contributed by atoms with Gasteiger partial charge in [0.05, 0.1) is 6.10 Å². The van der Waals surface area contributed by atoms with E-state index in [0.29, 0.717) is 40.7 Å². The number of ether oxygens (including phenoxy) is 1. The van der Waals surface area contributed by atoms with Gasteiger partial charge in [-0.25, -0.2) is 4.39 Å². The first-order valence-corrected chi connectivity index (χ1v) is 18.5. The number of hydrogen-bond acceptors (Lipinski definition) is 4. The molecule has 2 saturated carbocycles. The molecule has 0 aliphatic heterocycles. The van der Waals surface area contributed by atoms with Crippen molar-refractivity contribution in [3.8, 4) is 17.0 Å². The van der Waals surface area contributed by atoms with Gasteiger partial charge in [0, 0.05) is 41.7 Å². The number of rotatable bonds is 10. The van der Waals surface area contributed by atoms with E-state index in [9.17, 15) is 14.3 Å². The molecule has 0 bridgehead atoms. The van der Waals surface area contributed by atoms with Crippen LogP contribution < -0.4 is 5.32 Å². The smallest absolute Gasteiger partial charge is 0.163 e. The first kappa shape index (κ1) is 31.8. The fourth-order valence-corrected chi connectivity index (χ4v) is 10.2. The van der Waals surface area contributed by atoms with Gasteiger partial charge in [-0.15, -0.1) is 0 Å². The third kappa shape index (κ3) is 5.79. The highest BCUT2D eigenvalue weighted by molar-refractivity contribution is 6.11. The second kappa shape index (κ2) is 13.1. The topological polar surface area (TPSA) is 74.3 Å². The number of carbonyl (C=O) groups excluding carboxylic acids is 1. The summed E-state index contributed by atoms with van der Waals surface area (Å²) in [4.78, 5) is 16.0. The van der Waals surface area contributed by atoms with Crippen molar-refractivity contribution in [1.29, 1.82) is 0 Å². The Morgan fingerprint density at radius 3 is 2.73 bits per heavy atom. The second-order valence-electron chi connectivity index (χ2n) is 15.3. The largest absolute Gasteiger partial charge is 0.508 e. The van der Waals surface area contributed by atoms with E-state index in [1.807, 2.05) is 12.1 Å². The lowest BCUT2D eigenvalue weighted by molar-refractivity contribution is -0.0646. The van der Waals surface area contributed by atoms with E-state index in [1.54, 1.807) is 0 Å². The van der Waals surface area contributed by atoms with Crippen molar-refractivity contribution in [2.24, 2.45) is 17.3 Å². The number of aromatic hydroxyl groups is 1. The number of fused-ring (bicyclic) bond motifs is 5. The Morgan fingerprint density at radius 1 is 0.979 bits per heavy atom. The van der Waals surface area contributed by atoms with Gasteiger partial charge in [0.1, 0.15) is 11.6 Å². The number of halogens is 1. The van der Waals surface area contributed by atoms with Crippen molar-refractivity contribution in [2.45, 2.75) is 103 Å². The zero-order chi connectivity index (χ0) is 32.8. The summed E-state index contributed by atoms with van der Waals surface area (Å²) >= 11 is 0. The van der Waals surface area contributed by atoms with Crippen molar-refractivity contribution in [1.82, 2.24) is 10.3 Å². The molecule has 3 aromatic carbocycles. The van der Waals surface area contributed by atoms with Gasteiger partial charge in [-0.3, -0.25) is 4.79 Å². The monoisotopic (exact) mass is 648 g/mol. The molecule has 6 heteroatoms. The van der Waals surface area contributed by atoms with E-state index in [4.69, 9.17) is 4.74 Å². The van der Waals surface area contributed by atoms with Gasteiger partial charge < -0.3 is 20.1 Å². The normalized spacial score (nSPS) is 26.2. The van der Waals surface area contributed by atoms with Crippen molar-refractivity contribution < 1.29 is 19.0 Å². The van der Waals surface area contributed by atoms with Crippen LogP contribution in [0, 0.1) is 23.1 Å². The van der Waals surface area contributed by atoms with Crippen LogP contribution >= 0.6 is 0 Å². The Kier molecular flexibility index (Phi) is 8.67. The zero-order valence-corrected chi connectivity index (χ0v) is 28.3. The van der Waals surface area contributed by atoms with Crippen molar-refractivity contribution in [3.05, 3.63) is 88.2 Å². The van der Waals surface area contributed by atoms with Crippen LogP contribution in [0.5, 0.6) is 5.75 Å². The quantitative estimate of drug-likeness (QED) is 0.150. The van der Waals surface area contributed by atoms with Gasteiger partial charge in [0.15, 0.2) is 5.78 Å². The molecule has 5 nitrogen and oxygen atoms in total. The number of benzene rings is 3. The van der Waals surface area contributed by atoms with E-state index in [2.05, 4.69) is 47.6 Å². The number of aromatic nitrogens is 1. The maximum Gasteiger partial charge on any atom is 0.163 e. The SMILES string of the molecule is C[C@]12CC[C@@H]3c4ccc(O)cc4CC[C@H]3[C@@H]1CC[C@@H]2OCCCCCNCc1ccc(-c2[nH]c3cc(F)cc4c3c2CCCC4=O)cc1. The van der Waals surface area contributed by atoms with E-state index >= 15 is 0 Å². The Labute approximate surface area is 283 Å². The first-order valence-electron chi connectivity index (χ1n) is 18.5. The maximum atomic E-state index is 14.3. The fraction of sp³-hybridized carbons (Fsp3) is 0.500. The molecule has 0 unspecified atom stereocenters. The predicted octanol–water partition coefficient (Wildman–Crippen LogP) is 9.40. The highest BCUT2D eigenvalue weighted by Crippen LogP contribution is 2.61. The van der Waals surface area contributed by atoms with Crippen LogP contribution in [0.3, 0.4) is 0 Å². The molecule has 1 aromatic heterocycles. The van der Waals surface area contributed by atoms with Crippen molar-refractivity contribution in [2.75, 3.05) is 13.2 Å². The van der Waals surface area contributed by atoms with Gasteiger partial charge in [-0.2, -0.15) is 0 Å². The summed E-state index contributed by atoms with van der Waals surface area (Å²) in [7, 11) is 0. The Balaban J connectivity index is 0.779. The highest BCUT2D eigenvalue weighted by Gasteiger charge is 2.55. The molecule has 1 heterocycles. The van der Waals surface area contributed by atoms with Gasteiger partial charge in [-0.05, 0) is 152 Å². The van der Waals surface area contributed by atoms with Crippen LogP contribution in [0.2, 0.25) is 0 Å². The molecule has 4 aliphatic rings. The lowest BCUT2D eigenvalue weighted by Gasteiger charge is -2.50. The van der Waals surface area contributed by atoms with Crippen LogP contribution in [-0.2, 0) is 24.1 Å². The van der Waals surface area contributed by atoms with Crippen LogP contribution in [0.25, 0.3) is 22.2 Å². The number of carbonyl (C=O) groups is 1. The number of nitrogens with one attached hydrogen (secondary N) is 2. The molecule has 0 spiro atoms. The first-order chi connectivity index (χ1) is 23.4. The number of ketones is 1. The number of hydrogen-bond donors (Lipinski definition) is 3. The molecule has 5 atom stereocenters. The van der Waals surface area contributed by atoms with Crippen molar-refractivity contribution in [3.63, 3.8) is 0 Å². The third-order valence-corrected chi connectivity index (χ3v) is 12.6. The summed E-state index contributed by atoms with van der Waals surface area (Å²) < 4.78 is 20.9. The highest BCUT2D eigenvalue weighted by atomic mass is 19.1. The summed E-state index contributed by atoms with van der Waals surface area (Å²) in [6.07, 6.45) is 13.2. The molecule has 0 amide bonds. The van der Waals surface area contributed by atoms with Gasteiger partial charge in [-0.1, -0.05) is 37.3 Å². The van der Waals surface area contributed by atoms with Crippen LogP contribution in [0.1, 0.15) is 110 Å². The lowest BCUT2D eigenvalue weighted by atomic mass is 9.55. The number of aromatic amines is 1. The molecular formula is C42H49FN2O3. The van der Waals surface area contributed by atoms with Gasteiger partial charge >= 0.3 is 0 Å². The molecule has 2 fully saturated rings. The lowest BCUT2D eigenvalue weighted by Crippen LogP contribution is -2.44. The van der Waals surface area contributed by atoms with E-state index in [1.165, 1.54) is 67.3 Å². The molecular weight excluding hydrogens is 599 g/mol. The number of H-pyrrole nitrogens is 1. The molecule has 4 aromatic rings. The number of unbranched alkanes of at least 4 members (excludes halogenated alkanes) is 2. The average Bonchev–Trinajstić information content (AvgIpc) is 3.56. The molecule has 252 valence electrons. The average molecular weight is 649 g/mol. The summed E-state index contributed by atoms with van der Waals surface area (Å²) in [6.45, 7) is 5.20. The van der Waals surface area contributed by atoms with E-state index in [-0.39, 0.29) is 11.6 Å². The van der Waals surface area contributed by atoms with Crippen LogP contribution in [-0.4, -0.2) is 35.1 Å². The van der Waals surface area contributed by atoms with Crippen molar-refractivity contribution >= 4 is 16.7 Å². The standard InChI is InChI=1S/C42H49FN2O3/c1-42-19-18-32-31-15-13-30(46)22-28(31)12-14-33(32)36(42)16-17-39(42)48-21-4-2-3-20-44-25-26-8-10-27(11-9-26)41-34-6-5-7-38(47)35-23-29(43)24-37(45-41)40(34)35/h8-11,13,15,22-24,32-33,36,39,44-46H,2-7,12,14,16-21,25H2,1H3/t32-,33-,36+,39+,42+/m1/s1. The second-order valence-corrected chi connectivity index (χ2v) is 15.3. The third-order valence-electron chi connectivity index (χ3n) is 12.6. The predicted molar refractivity (Wildman–Crippen MR) is 189 cm³/mol. The molecule has 0 radical (unpaired) electrons. The summed E-state index contributed by atoms with van der Waals surface area (Å²) in [5.74, 6) is 2.24. The molecule has 3 N–H and O–H groups in total. The summed E-state index contributed by atoms with van der Waals surface area (Å²) in [6, 6.07) is 17.6. The fourth-order valence-electron chi connectivity index (χ4n) is 10.2. The zero-order valence-electron chi connectivity index (χ0n) is 28.3. The number of phenolic OH excluding ortho intramolecular Hbond substituents is 1. The maximum absolute atomic E-state index is 14.3. The number of phenols is 1. The summed E-state index contributed by atoms with van der Waals surface area (Å²) in [5.41, 5.74) is 8.86. The van der Waals surface area contributed by atoms with Crippen LogP contribution in [0.15, 0.2) is 54.6 Å². The molecule has 4 aliphatic carbocycles. The molecule has 0 saturated heterocycles. The number of Topliss-reactive ketones (excluding diaryl/α,β-unsaturated/α-hetero) is 1. The van der Waals surface area contributed by atoms with Gasteiger partial charge in [0.2, 0.25) is 0 Å². The molecule has 8 rings (SSSR count). The van der Waals surface area contributed by atoms with E-state index in [0.717, 1.165) is 85.8 Å². The Morgan fingerprint density at radius 2 is 1.85 bits per heavy atom. The minimum Gasteiger partial charge on any atom is -0.508 e. The summed E-state index contributed by atoms with van der Waals surface area (Å²) in [5, 5.41) is 14.5. The van der Waals surface area contributed by atoms with Crippen LogP contribution in [0.4, 0.5) is 4.39 Å². The Bertz CT molecular complexity index is 1810. The van der Waals surface area contributed by atoms with Gasteiger partial charge in [0.25, 0.3) is 0 Å². The molecule has 48 heavy (non-hydrogen) atoms. The minimum absolute atomic E-state index is 0.0341. The Hall–Kier alpha value is -3.48. The van der Waals surface area contributed by atoms with E-state index < -0.39 is 0 Å². The minimum atomic E-state index is -0.366. The number of aryl methyl sites for hydroxylation is 2.